The second-order valence-electron chi connectivity index (χ2n) is 8.63. The maximum Gasteiger partial charge on any atom is 0.0825 e. The molecule has 25 heavy (non-hydrogen) atoms. The van der Waals surface area contributed by atoms with E-state index in [0.29, 0.717) is 6.10 Å². The molecule has 0 radical (unpaired) electrons. The molecule has 2 fully saturated rings. The largest absolute Gasteiger partial charge is 0.373 e. The molecular weight excluding hydrogens is 304 g/mol. The Bertz CT molecular complexity index is 475. The van der Waals surface area contributed by atoms with Crippen molar-refractivity contribution in [2.24, 2.45) is 17.8 Å². The molecule has 140 valence electrons. The Morgan fingerprint density at radius 3 is 2.08 bits per heavy atom. The fourth-order valence-electron chi connectivity index (χ4n) is 4.90. The molecule has 1 nitrogen and oxygen atoms in total. The van der Waals surface area contributed by atoms with E-state index in [9.17, 15) is 0 Å². The van der Waals surface area contributed by atoms with E-state index < -0.39 is 0 Å². The molecule has 0 aromatic heterocycles. The Kier molecular flexibility index (Phi) is 7.40. The van der Waals surface area contributed by atoms with Crippen LogP contribution in [0.25, 0.3) is 0 Å². The van der Waals surface area contributed by atoms with Gasteiger partial charge in [-0.25, -0.2) is 0 Å². The van der Waals surface area contributed by atoms with Gasteiger partial charge >= 0.3 is 0 Å². The summed E-state index contributed by atoms with van der Waals surface area (Å²) in [6.07, 6.45) is 15.4. The molecule has 1 saturated heterocycles. The van der Waals surface area contributed by atoms with Gasteiger partial charge in [0.25, 0.3) is 0 Å². The Balaban J connectivity index is 1.42. The third-order valence-corrected chi connectivity index (χ3v) is 6.80. The third kappa shape index (κ3) is 5.58. The van der Waals surface area contributed by atoms with Crippen LogP contribution in [-0.2, 0) is 11.2 Å². The summed E-state index contributed by atoms with van der Waals surface area (Å²) in [4.78, 5) is 0. The molecule has 1 aromatic carbocycles. The smallest absolute Gasteiger partial charge is 0.0825 e. The van der Waals surface area contributed by atoms with Gasteiger partial charge in [0.1, 0.15) is 0 Å². The summed E-state index contributed by atoms with van der Waals surface area (Å²) in [6.45, 7) is 5.59. The molecule has 0 N–H and O–H groups in total. The van der Waals surface area contributed by atoms with Gasteiger partial charge in [-0.1, -0.05) is 76.6 Å². The summed E-state index contributed by atoms with van der Waals surface area (Å²) in [6, 6.07) is 9.37. The fraction of sp³-hybridized carbons (Fsp3) is 0.750. The zero-order valence-electron chi connectivity index (χ0n) is 16.5. The minimum absolute atomic E-state index is 0.339. The van der Waals surface area contributed by atoms with Gasteiger partial charge in [0.05, 0.1) is 12.7 Å². The Morgan fingerprint density at radius 1 is 0.800 bits per heavy atom. The molecule has 1 aliphatic heterocycles. The van der Waals surface area contributed by atoms with Gasteiger partial charge in [-0.05, 0) is 61.0 Å². The van der Waals surface area contributed by atoms with E-state index in [1.165, 1.54) is 81.8 Å². The third-order valence-electron chi connectivity index (χ3n) is 6.80. The molecule has 1 aliphatic carbocycles. The van der Waals surface area contributed by atoms with Crippen molar-refractivity contribution in [3.05, 3.63) is 35.4 Å². The predicted molar refractivity (Wildman–Crippen MR) is 107 cm³/mol. The van der Waals surface area contributed by atoms with Gasteiger partial charge in [-0.2, -0.15) is 0 Å². The number of hydrogen-bond donors (Lipinski definition) is 0. The van der Waals surface area contributed by atoms with Gasteiger partial charge in [0.15, 0.2) is 0 Å². The summed E-state index contributed by atoms with van der Waals surface area (Å²) in [7, 11) is 0. The number of hydrogen-bond acceptors (Lipinski definition) is 1. The molecule has 0 bridgehead atoms. The van der Waals surface area contributed by atoms with Crippen LogP contribution < -0.4 is 0 Å². The zero-order valence-corrected chi connectivity index (χ0v) is 16.5. The van der Waals surface area contributed by atoms with E-state index in [0.717, 1.165) is 24.4 Å². The molecule has 1 heteroatoms. The van der Waals surface area contributed by atoms with Crippen molar-refractivity contribution < 1.29 is 4.74 Å². The Labute approximate surface area is 155 Å². The molecule has 0 spiro atoms. The molecule has 2 aliphatic rings. The predicted octanol–water partition coefficient (Wildman–Crippen LogP) is 7.10. The maximum absolute atomic E-state index is 6.14. The molecule has 3 rings (SSSR count). The topological polar surface area (TPSA) is 9.23 Å². The first-order valence-corrected chi connectivity index (χ1v) is 11.0. The van der Waals surface area contributed by atoms with Gasteiger partial charge in [-0.15, -0.1) is 0 Å². The van der Waals surface area contributed by atoms with Gasteiger partial charge in [-0.3, -0.25) is 0 Å². The highest BCUT2D eigenvalue weighted by molar-refractivity contribution is 5.24. The van der Waals surface area contributed by atoms with E-state index in [1.807, 2.05) is 0 Å². The minimum Gasteiger partial charge on any atom is -0.373 e. The average Bonchev–Trinajstić information content (AvgIpc) is 2.68. The number of rotatable bonds is 7. The van der Waals surface area contributed by atoms with Crippen LogP contribution in [0.3, 0.4) is 0 Å². The van der Waals surface area contributed by atoms with Gasteiger partial charge in [0.2, 0.25) is 0 Å². The first kappa shape index (κ1) is 19.0. The number of aryl methyl sites for hydroxylation is 1. The van der Waals surface area contributed by atoms with Crippen LogP contribution >= 0.6 is 0 Å². The van der Waals surface area contributed by atoms with Crippen LogP contribution in [0.1, 0.15) is 95.3 Å². The minimum atomic E-state index is 0.339. The quantitative estimate of drug-likeness (QED) is 0.513. The van der Waals surface area contributed by atoms with Crippen LogP contribution in [0.5, 0.6) is 0 Å². The van der Waals surface area contributed by atoms with Crippen molar-refractivity contribution in [1.82, 2.24) is 0 Å². The number of benzene rings is 1. The second kappa shape index (κ2) is 9.76. The molecule has 1 saturated carbocycles. The molecule has 2 unspecified atom stereocenters. The second-order valence-corrected chi connectivity index (χ2v) is 8.63. The SMILES string of the molecule is CCCC1CCC(c2ccc(CCC3CCC(CC)CC3)cc2)OC1. The Morgan fingerprint density at radius 2 is 1.48 bits per heavy atom. The first-order valence-electron chi connectivity index (χ1n) is 11.0. The molecule has 2 atom stereocenters. The lowest BCUT2D eigenvalue weighted by atomic mass is 9.78. The van der Waals surface area contributed by atoms with E-state index in [-0.39, 0.29) is 0 Å². The van der Waals surface area contributed by atoms with Crippen LogP contribution in [-0.4, -0.2) is 6.61 Å². The summed E-state index contributed by atoms with van der Waals surface area (Å²) >= 11 is 0. The van der Waals surface area contributed by atoms with Gasteiger partial charge < -0.3 is 4.74 Å². The van der Waals surface area contributed by atoms with E-state index in [2.05, 4.69) is 38.1 Å². The van der Waals surface area contributed by atoms with Crippen molar-refractivity contribution in [3.8, 4) is 0 Å². The van der Waals surface area contributed by atoms with E-state index in [1.54, 1.807) is 0 Å². The van der Waals surface area contributed by atoms with Crippen LogP contribution in [0.15, 0.2) is 24.3 Å². The monoisotopic (exact) mass is 342 g/mol. The number of ether oxygens (including phenoxy) is 1. The summed E-state index contributed by atoms with van der Waals surface area (Å²) in [5.41, 5.74) is 2.91. The van der Waals surface area contributed by atoms with Crippen LogP contribution in [0.4, 0.5) is 0 Å². The standard InChI is InChI=1S/C24H38O/c1-3-5-22-14-17-24(25-18-22)23-15-12-21(13-16-23)11-10-20-8-6-19(4-2)7-9-20/h12-13,15-16,19-20,22,24H,3-11,14,17-18H2,1-2H3. The summed E-state index contributed by atoms with van der Waals surface area (Å²) in [5, 5.41) is 0. The first-order chi connectivity index (χ1) is 12.3. The van der Waals surface area contributed by atoms with Crippen molar-refractivity contribution in [1.29, 1.82) is 0 Å². The highest BCUT2D eigenvalue weighted by Gasteiger charge is 2.22. The fourth-order valence-corrected chi connectivity index (χ4v) is 4.90. The molecule has 1 aromatic rings. The summed E-state index contributed by atoms with van der Waals surface area (Å²) in [5.74, 6) is 2.78. The Hall–Kier alpha value is -0.820. The zero-order chi connectivity index (χ0) is 17.5. The highest BCUT2D eigenvalue weighted by Crippen LogP contribution is 2.34. The van der Waals surface area contributed by atoms with Crippen molar-refractivity contribution >= 4 is 0 Å². The van der Waals surface area contributed by atoms with Crippen molar-refractivity contribution in [3.63, 3.8) is 0 Å². The van der Waals surface area contributed by atoms with Crippen molar-refractivity contribution in [2.45, 2.75) is 90.6 Å². The normalized spacial score (nSPS) is 30.3. The average molecular weight is 343 g/mol. The highest BCUT2D eigenvalue weighted by atomic mass is 16.5. The molecule has 1 heterocycles. The van der Waals surface area contributed by atoms with E-state index in [4.69, 9.17) is 4.74 Å². The van der Waals surface area contributed by atoms with Crippen LogP contribution in [0, 0.1) is 17.8 Å². The van der Waals surface area contributed by atoms with E-state index >= 15 is 0 Å². The summed E-state index contributed by atoms with van der Waals surface area (Å²) < 4.78 is 6.14. The molecule has 0 amide bonds. The lowest BCUT2D eigenvalue weighted by Gasteiger charge is -2.29. The maximum atomic E-state index is 6.14. The van der Waals surface area contributed by atoms with Crippen molar-refractivity contribution in [2.75, 3.05) is 6.61 Å². The van der Waals surface area contributed by atoms with Gasteiger partial charge in [0, 0.05) is 0 Å². The van der Waals surface area contributed by atoms with Crippen LogP contribution in [0.2, 0.25) is 0 Å². The lowest BCUT2D eigenvalue weighted by Crippen LogP contribution is -2.20. The molecular formula is C24H38O. The lowest BCUT2D eigenvalue weighted by molar-refractivity contribution is -0.0194.